The van der Waals surface area contributed by atoms with Crippen LogP contribution in [0.15, 0.2) is 29.4 Å². The number of hydrogen-bond acceptors (Lipinski definition) is 5. The van der Waals surface area contributed by atoms with Gasteiger partial charge in [0.05, 0.1) is 29.0 Å². The first kappa shape index (κ1) is 18.5. The second-order valence-electron chi connectivity index (χ2n) is 5.87. The molecule has 0 fully saturated rings. The van der Waals surface area contributed by atoms with E-state index in [-0.39, 0.29) is 0 Å². The highest BCUT2D eigenvalue weighted by Gasteiger charge is 2.20. The molecule has 0 atom stereocenters. The molecule has 0 unspecified atom stereocenters. The number of benzene rings is 1. The van der Waals surface area contributed by atoms with Crippen molar-refractivity contribution in [1.82, 2.24) is 9.88 Å². The summed E-state index contributed by atoms with van der Waals surface area (Å²) in [6.07, 6.45) is 2.72. The van der Waals surface area contributed by atoms with Gasteiger partial charge in [0.15, 0.2) is 11.5 Å². The third-order valence-electron chi connectivity index (χ3n) is 4.41. The number of pyridine rings is 1. The maximum Gasteiger partial charge on any atom is 0.175 e. The Labute approximate surface area is 166 Å². The molecule has 0 saturated carbocycles. The Kier molecular flexibility index (Phi) is 5.61. The van der Waals surface area contributed by atoms with E-state index < -0.39 is 0 Å². The van der Waals surface area contributed by atoms with Gasteiger partial charge in [-0.2, -0.15) is 5.26 Å². The van der Waals surface area contributed by atoms with Crippen molar-refractivity contribution < 1.29 is 9.47 Å². The largest absolute Gasteiger partial charge is 0.493 e. The summed E-state index contributed by atoms with van der Waals surface area (Å²) >= 11 is 2.10. The number of amidine groups is 1. The van der Waals surface area contributed by atoms with E-state index in [2.05, 4.69) is 44.6 Å². The Bertz CT molecular complexity index is 905. The van der Waals surface area contributed by atoms with Crippen LogP contribution >= 0.6 is 22.6 Å². The summed E-state index contributed by atoms with van der Waals surface area (Å²) in [4.78, 5) is 11.4. The number of aliphatic imine (C=N–C) groups is 1. The van der Waals surface area contributed by atoms with Gasteiger partial charge in [0.2, 0.25) is 0 Å². The number of aromatic nitrogens is 1. The molecule has 1 aliphatic heterocycles. The van der Waals surface area contributed by atoms with E-state index in [1.807, 2.05) is 19.2 Å². The number of nitriles is 1. The molecule has 2 heterocycles. The molecule has 134 valence electrons. The maximum atomic E-state index is 9.59. The zero-order valence-electron chi connectivity index (χ0n) is 14.9. The molecule has 7 heteroatoms. The SMILES string of the molecule is COc1cc(N=C(C)N2CCc3ncccc3C2)c(C#N)c(I)c1OC. The van der Waals surface area contributed by atoms with Gasteiger partial charge in [-0.05, 0) is 41.1 Å². The molecule has 6 nitrogen and oxygen atoms in total. The van der Waals surface area contributed by atoms with Crippen LogP contribution in [-0.2, 0) is 13.0 Å². The third-order valence-corrected chi connectivity index (χ3v) is 5.44. The predicted molar refractivity (Wildman–Crippen MR) is 108 cm³/mol. The summed E-state index contributed by atoms with van der Waals surface area (Å²) in [5, 5.41) is 9.59. The molecule has 1 aromatic heterocycles. The van der Waals surface area contributed by atoms with Crippen molar-refractivity contribution in [2.24, 2.45) is 4.99 Å². The van der Waals surface area contributed by atoms with Crippen LogP contribution in [0.5, 0.6) is 11.5 Å². The fourth-order valence-electron chi connectivity index (χ4n) is 3.02. The van der Waals surface area contributed by atoms with Crippen molar-refractivity contribution in [2.45, 2.75) is 19.9 Å². The summed E-state index contributed by atoms with van der Waals surface area (Å²) in [5.41, 5.74) is 3.44. The third kappa shape index (κ3) is 3.46. The van der Waals surface area contributed by atoms with E-state index in [0.717, 1.165) is 31.0 Å². The van der Waals surface area contributed by atoms with Crippen molar-refractivity contribution in [3.8, 4) is 17.6 Å². The van der Waals surface area contributed by atoms with Crippen LogP contribution in [-0.4, -0.2) is 36.5 Å². The summed E-state index contributed by atoms with van der Waals surface area (Å²) in [6.45, 7) is 3.59. The highest BCUT2D eigenvalue weighted by Crippen LogP contribution is 2.40. The Morgan fingerprint density at radius 1 is 1.38 bits per heavy atom. The van der Waals surface area contributed by atoms with Crippen molar-refractivity contribution in [2.75, 3.05) is 20.8 Å². The average Bonchev–Trinajstić information content (AvgIpc) is 2.67. The van der Waals surface area contributed by atoms with Crippen LogP contribution in [0, 0.1) is 14.9 Å². The van der Waals surface area contributed by atoms with Gasteiger partial charge in [-0.1, -0.05) is 6.07 Å². The minimum atomic E-state index is 0.488. The molecule has 0 bridgehead atoms. The number of ether oxygens (including phenoxy) is 2. The van der Waals surface area contributed by atoms with Gasteiger partial charge in [-0.25, -0.2) is 4.99 Å². The first-order chi connectivity index (χ1) is 12.6. The monoisotopic (exact) mass is 462 g/mol. The summed E-state index contributed by atoms with van der Waals surface area (Å²) < 4.78 is 11.5. The van der Waals surface area contributed by atoms with Gasteiger partial charge in [-0.3, -0.25) is 4.98 Å². The summed E-state index contributed by atoms with van der Waals surface area (Å²) in [6, 6.07) is 8.04. The number of halogens is 1. The normalized spacial score (nSPS) is 13.8. The van der Waals surface area contributed by atoms with E-state index >= 15 is 0 Å². The van der Waals surface area contributed by atoms with E-state index in [0.29, 0.717) is 26.3 Å². The molecule has 0 N–H and O–H groups in total. The lowest BCUT2D eigenvalue weighted by Gasteiger charge is -2.29. The van der Waals surface area contributed by atoms with Crippen molar-refractivity contribution in [3.63, 3.8) is 0 Å². The molecule has 1 aromatic carbocycles. The van der Waals surface area contributed by atoms with Crippen molar-refractivity contribution >= 4 is 34.1 Å². The lowest BCUT2D eigenvalue weighted by Crippen LogP contribution is -2.34. The van der Waals surface area contributed by atoms with Crippen LogP contribution in [0.2, 0.25) is 0 Å². The first-order valence-electron chi connectivity index (χ1n) is 8.16. The molecule has 0 radical (unpaired) electrons. The topological polar surface area (TPSA) is 70.7 Å². The van der Waals surface area contributed by atoms with Gasteiger partial charge in [0.25, 0.3) is 0 Å². The fraction of sp³-hybridized carbons (Fsp3) is 0.316. The van der Waals surface area contributed by atoms with Crippen LogP contribution < -0.4 is 9.47 Å². The Morgan fingerprint density at radius 2 is 2.19 bits per heavy atom. The molecule has 0 amide bonds. The smallest absolute Gasteiger partial charge is 0.175 e. The summed E-state index contributed by atoms with van der Waals surface area (Å²) in [7, 11) is 3.14. The highest BCUT2D eigenvalue weighted by molar-refractivity contribution is 14.1. The highest BCUT2D eigenvalue weighted by atomic mass is 127. The second kappa shape index (κ2) is 7.91. The van der Waals surface area contributed by atoms with Crippen LogP contribution in [0.1, 0.15) is 23.7 Å². The number of rotatable bonds is 3. The van der Waals surface area contributed by atoms with E-state index in [1.54, 1.807) is 20.3 Å². The molecular formula is C19H19IN4O2. The quantitative estimate of drug-likeness (QED) is 0.396. The zero-order valence-corrected chi connectivity index (χ0v) is 17.1. The Hall–Kier alpha value is -2.34. The van der Waals surface area contributed by atoms with Gasteiger partial charge >= 0.3 is 0 Å². The number of nitrogens with zero attached hydrogens (tertiary/aromatic N) is 4. The second-order valence-corrected chi connectivity index (χ2v) is 6.95. The Morgan fingerprint density at radius 3 is 2.88 bits per heavy atom. The predicted octanol–water partition coefficient (Wildman–Crippen LogP) is 3.68. The molecule has 2 aromatic rings. The molecule has 0 spiro atoms. The molecular weight excluding hydrogens is 443 g/mol. The molecule has 0 aliphatic carbocycles. The molecule has 1 aliphatic rings. The minimum absolute atomic E-state index is 0.488. The standard InChI is InChI=1S/C19H19IN4O2/c1-12(24-8-6-15-13(11-24)5-4-7-22-15)23-16-9-17(25-2)19(26-3)18(20)14(16)10-21/h4-5,7,9H,6,8,11H2,1-3H3. The molecule has 26 heavy (non-hydrogen) atoms. The Balaban J connectivity index is 1.97. The minimum Gasteiger partial charge on any atom is -0.493 e. The van der Waals surface area contributed by atoms with Gasteiger partial charge < -0.3 is 14.4 Å². The average molecular weight is 462 g/mol. The van der Waals surface area contributed by atoms with Gasteiger partial charge in [0, 0.05) is 37.5 Å². The first-order valence-corrected chi connectivity index (χ1v) is 9.24. The maximum absolute atomic E-state index is 9.59. The number of methoxy groups -OCH3 is 2. The molecule has 0 saturated heterocycles. The fourth-order valence-corrected chi connectivity index (χ4v) is 3.90. The van der Waals surface area contributed by atoms with Crippen molar-refractivity contribution in [3.05, 3.63) is 44.8 Å². The summed E-state index contributed by atoms with van der Waals surface area (Å²) in [5.74, 6) is 1.98. The number of hydrogen-bond donors (Lipinski definition) is 0. The van der Waals surface area contributed by atoms with Gasteiger partial charge in [-0.15, -0.1) is 0 Å². The lowest BCUT2D eigenvalue weighted by atomic mass is 10.1. The van der Waals surface area contributed by atoms with Crippen LogP contribution in [0.25, 0.3) is 0 Å². The lowest BCUT2D eigenvalue weighted by molar-refractivity contribution is 0.353. The van der Waals surface area contributed by atoms with E-state index in [9.17, 15) is 5.26 Å². The zero-order chi connectivity index (χ0) is 18.7. The molecule has 3 rings (SSSR count). The van der Waals surface area contributed by atoms with Crippen molar-refractivity contribution in [1.29, 1.82) is 5.26 Å². The van der Waals surface area contributed by atoms with Crippen LogP contribution in [0.4, 0.5) is 5.69 Å². The van der Waals surface area contributed by atoms with E-state index in [1.165, 1.54) is 5.56 Å². The van der Waals surface area contributed by atoms with Gasteiger partial charge in [0.1, 0.15) is 11.9 Å². The number of fused-ring (bicyclic) bond motifs is 1. The van der Waals surface area contributed by atoms with E-state index in [4.69, 9.17) is 14.5 Å². The van der Waals surface area contributed by atoms with Crippen LogP contribution in [0.3, 0.4) is 0 Å².